The van der Waals surface area contributed by atoms with Crippen molar-refractivity contribution in [3.63, 3.8) is 0 Å². The SMILES string of the molecule is CC(C)COCCOc1ccc([N+](=O)[O-])cc1[C@@H](C)O. The number of nitro groups is 1. The highest BCUT2D eigenvalue weighted by molar-refractivity contribution is 5.44. The highest BCUT2D eigenvalue weighted by Gasteiger charge is 2.15. The minimum Gasteiger partial charge on any atom is -0.491 e. The van der Waals surface area contributed by atoms with Crippen LogP contribution in [-0.2, 0) is 4.74 Å². The van der Waals surface area contributed by atoms with E-state index in [9.17, 15) is 15.2 Å². The van der Waals surface area contributed by atoms with E-state index in [2.05, 4.69) is 13.8 Å². The van der Waals surface area contributed by atoms with Crippen molar-refractivity contribution in [1.82, 2.24) is 0 Å². The molecule has 0 fully saturated rings. The first-order valence-corrected chi connectivity index (χ1v) is 6.58. The molecule has 1 aromatic carbocycles. The smallest absolute Gasteiger partial charge is 0.270 e. The van der Waals surface area contributed by atoms with E-state index in [1.54, 1.807) is 6.92 Å². The summed E-state index contributed by atoms with van der Waals surface area (Å²) in [6.07, 6.45) is -0.832. The highest BCUT2D eigenvalue weighted by Crippen LogP contribution is 2.29. The monoisotopic (exact) mass is 283 g/mol. The van der Waals surface area contributed by atoms with E-state index < -0.39 is 11.0 Å². The van der Waals surface area contributed by atoms with Crippen LogP contribution in [0.15, 0.2) is 18.2 Å². The number of hydrogen-bond donors (Lipinski definition) is 1. The second-order valence-corrected chi connectivity index (χ2v) is 4.97. The molecule has 1 aromatic rings. The number of nitrogens with zero attached hydrogens (tertiary/aromatic N) is 1. The summed E-state index contributed by atoms with van der Waals surface area (Å²) in [5.41, 5.74) is 0.340. The van der Waals surface area contributed by atoms with Gasteiger partial charge in [-0.25, -0.2) is 0 Å². The van der Waals surface area contributed by atoms with Crippen molar-refractivity contribution in [2.45, 2.75) is 26.9 Å². The lowest BCUT2D eigenvalue weighted by atomic mass is 10.1. The van der Waals surface area contributed by atoms with Crippen molar-refractivity contribution >= 4 is 5.69 Å². The fraction of sp³-hybridized carbons (Fsp3) is 0.571. The lowest BCUT2D eigenvalue weighted by Crippen LogP contribution is -2.11. The number of non-ortho nitro benzene ring substituents is 1. The normalized spacial score (nSPS) is 12.4. The van der Waals surface area contributed by atoms with Crippen molar-refractivity contribution in [1.29, 1.82) is 0 Å². The van der Waals surface area contributed by atoms with Crippen LogP contribution < -0.4 is 4.74 Å². The lowest BCUT2D eigenvalue weighted by molar-refractivity contribution is -0.385. The van der Waals surface area contributed by atoms with Gasteiger partial charge in [-0.15, -0.1) is 0 Å². The molecule has 0 saturated carbocycles. The fourth-order valence-corrected chi connectivity index (χ4v) is 1.64. The maximum absolute atomic E-state index is 10.7. The first-order chi connectivity index (χ1) is 9.41. The first kappa shape index (κ1) is 16.4. The van der Waals surface area contributed by atoms with Crippen LogP contribution in [0.25, 0.3) is 0 Å². The van der Waals surface area contributed by atoms with Crippen LogP contribution in [0.5, 0.6) is 5.75 Å². The summed E-state index contributed by atoms with van der Waals surface area (Å²) in [5, 5.41) is 20.4. The third-order valence-corrected chi connectivity index (χ3v) is 2.59. The fourth-order valence-electron chi connectivity index (χ4n) is 1.64. The molecule has 0 aliphatic rings. The number of hydrogen-bond acceptors (Lipinski definition) is 5. The number of aliphatic hydroxyl groups is 1. The summed E-state index contributed by atoms with van der Waals surface area (Å²) >= 11 is 0. The molecule has 6 heteroatoms. The Morgan fingerprint density at radius 3 is 2.55 bits per heavy atom. The Labute approximate surface area is 118 Å². The van der Waals surface area contributed by atoms with Gasteiger partial charge in [0.2, 0.25) is 0 Å². The van der Waals surface area contributed by atoms with Crippen LogP contribution in [0.1, 0.15) is 32.4 Å². The molecule has 1 N–H and O–H groups in total. The number of rotatable bonds is 8. The van der Waals surface area contributed by atoms with Crippen molar-refractivity contribution in [2.24, 2.45) is 5.92 Å². The van der Waals surface area contributed by atoms with Gasteiger partial charge in [0.15, 0.2) is 0 Å². The molecule has 0 heterocycles. The Balaban J connectivity index is 2.62. The Morgan fingerprint density at radius 1 is 1.30 bits per heavy atom. The van der Waals surface area contributed by atoms with Crippen LogP contribution in [0.3, 0.4) is 0 Å². The second-order valence-electron chi connectivity index (χ2n) is 4.97. The Morgan fingerprint density at radius 2 is 2.00 bits per heavy atom. The van der Waals surface area contributed by atoms with Gasteiger partial charge in [-0.05, 0) is 18.9 Å². The molecule has 0 unspecified atom stereocenters. The first-order valence-electron chi connectivity index (χ1n) is 6.58. The van der Waals surface area contributed by atoms with Gasteiger partial charge in [0.25, 0.3) is 5.69 Å². The van der Waals surface area contributed by atoms with Crippen LogP contribution >= 0.6 is 0 Å². The lowest BCUT2D eigenvalue weighted by Gasteiger charge is -2.13. The van der Waals surface area contributed by atoms with Crippen LogP contribution in [0, 0.1) is 16.0 Å². The third-order valence-electron chi connectivity index (χ3n) is 2.59. The van der Waals surface area contributed by atoms with Gasteiger partial charge < -0.3 is 14.6 Å². The van der Waals surface area contributed by atoms with Crippen LogP contribution in [0.4, 0.5) is 5.69 Å². The Kier molecular flexibility index (Phi) is 6.41. The van der Waals surface area contributed by atoms with Gasteiger partial charge in [0.05, 0.1) is 17.6 Å². The zero-order valence-electron chi connectivity index (χ0n) is 12.0. The minimum absolute atomic E-state index is 0.0655. The summed E-state index contributed by atoms with van der Waals surface area (Å²) < 4.78 is 10.9. The quantitative estimate of drug-likeness (QED) is 0.450. The molecule has 112 valence electrons. The predicted octanol–water partition coefficient (Wildman–Crippen LogP) is 2.70. The van der Waals surface area contributed by atoms with E-state index in [4.69, 9.17) is 9.47 Å². The second kappa shape index (κ2) is 7.81. The van der Waals surface area contributed by atoms with Gasteiger partial charge in [-0.3, -0.25) is 10.1 Å². The van der Waals surface area contributed by atoms with E-state index in [1.807, 2.05) is 0 Å². The molecule has 1 rings (SSSR count). The molecular formula is C14H21NO5. The zero-order valence-corrected chi connectivity index (χ0v) is 12.0. The van der Waals surface area contributed by atoms with E-state index in [0.717, 1.165) is 0 Å². The van der Waals surface area contributed by atoms with Gasteiger partial charge in [-0.1, -0.05) is 13.8 Å². The molecule has 1 atom stereocenters. The van der Waals surface area contributed by atoms with E-state index in [-0.39, 0.29) is 5.69 Å². The zero-order chi connectivity index (χ0) is 15.1. The largest absolute Gasteiger partial charge is 0.491 e. The molecule has 6 nitrogen and oxygen atoms in total. The summed E-state index contributed by atoms with van der Waals surface area (Å²) in [6.45, 7) is 7.10. The van der Waals surface area contributed by atoms with Crippen molar-refractivity contribution in [3.8, 4) is 5.75 Å². The summed E-state index contributed by atoms with van der Waals surface area (Å²) in [5.74, 6) is 0.904. The molecule has 0 radical (unpaired) electrons. The number of aliphatic hydroxyl groups excluding tert-OH is 1. The maximum Gasteiger partial charge on any atom is 0.270 e. The van der Waals surface area contributed by atoms with Crippen LogP contribution in [0.2, 0.25) is 0 Å². The molecule has 0 saturated heterocycles. The van der Waals surface area contributed by atoms with Gasteiger partial charge >= 0.3 is 0 Å². The average Bonchev–Trinajstić information content (AvgIpc) is 2.37. The van der Waals surface area contributed by atoms with Crippen LogP contribution in [-0.4, -0.2) is 29.9 Å². The van der Waals surface area contributed by atoms with E-state index >= 15 is 0 Å². The highest BCUT2D eigenvalue weighted by atomic mass is 16.6. The predicted molar refractivity (Wildman–Crippen MR) is 74.9 cm³/mol. The topological polar surface area (TPSA) is 81.8 Å². The molecule has 0 aromatic heterocycles. The Hall–Kier alpha value is -1.66. The maximum atomic E-state index is 10.7. The number of ether oxygens (including phenoxy) is 2. The van der Waals surface area contributed by atoms with Crippen molar-refractivity contribution < 1.29 is 19.5 Å². The summed E-state index contributed by atoms with van der Waals surface area (Å²) in [6, 6.07) is 4.19. The molecule has 0 amide bonds. The summed E-state index contributed by atoms with van der Waals surface area (Å²) in [4.78, 5) is 10.2. The number of benzene rings is 1. The molecule has 0 aliphatic heterocycles. The molecule has 0 aliphatic carbocycles. The van der Waals surface area contributed by atoms with Crippen molar-refractivity contribution in [2.75, 3.05) is 19.8 Å². The molecule has 0 bridgehead atoms. The standard InChI is InChI=1S/C14H21NO5/c1-10(2)9-19-6-7-20-14-5-4-12(15(17)18)8-13(14)11(3)16/h4-5,8,10-11,16H,6-7,9H2,1-3H3/t11-/m1/s1. The molecule has 20 heavy (non-hydrogen) atoms. The number of nitro benzene ring substituents is 1. The summed E-state index contributed by atoms with van der Waals surface area (Å²) in [7, 11) is 0. The van der Waals surface area contributed by atoms with E-state index in [1.165, 1.54) is 18.2 Å². The third kappa shape index (κ3) is 5.14. The van der Waals surface area contributed by atoms with Crippen molar-refractivity contribution in [3.05, 3.63) is 33.9 Å². The average molecular weight is 283 g/mol. The van der Waals surface area contributed by atoms with Gasteiger partial charge in [-0.2, -0.15) is 0 Å². The minimum atomic E-state index is -0.832. The Bertz CT molecular complexity index is 445. The van der Waals surface area contributed by atoms with Gasteiger partial charge in [0, 0.05) is 24.3 Å². The van der Waals surface area contributed by atoms with E-state index in [0.29, 0.717) is 37.1 Å². The van der Waals surface area contributed by atoms with Gasteiger partial charge in [0.1, 0.15) is 12.4 Å². The molecular weight excluding hydrogens is 262 g/mol. The molecule has 0 spiro atoms.